The smallest absolute Gasteiger partial charge is 0.287 e. The number of aromatic nitrogens is 1. The molecular weight excluding hydrogens is 366 g/mol. The molecule has 1 atom stereocenters. The molecule has 2 amide bonds. The van der Waals surface area contributed by atoms with Gasteiger partial charge in [0.2, 0.25) is 5.91 Å². The first kappa shape index (κ1) is 18.8. The number of fused-ring (bicyclic) bond motifs is 2. The van der Waals surface area contributed by atoms with Crippen LogP contribution in [0.3, 0.4) is 0 Å². The molecule has 3 N–H and O–H groups in total. The molecule has 0 aliphatic rings. The zero-order valence-electron chi connectivity index (χ0n) is 16.2. The second kappa shape index (κ2) is 8.22. The first-order valence-electron chi connectivity index (χ1n) is 9.78. The van der Waals surface area contributed by atoms with E-state index < -0.39 is 6.04 Å². The van der Waals surface area contributed by atoms with Crippen molar-refractivity contribution in [1.82, 2.24) is 15.6 Å². The maximum Gasteiger partial charge on any atom is 0.287 e. The Kier molecular flexibility index (Phi) is 5.33. The summed E-state index contributed by atoms with van der Waals surface area (Å²) in [6.45, 7) is 2.36. The first-order chi connectivity index (χ1) is 14.2. The molecule has 0 fully saturated rings. The van der Waals surface area contributed by atoms with Gasteiger partial charge >= 0.3 is 0 Å². The lowest BCUT2D eigenvalue weighted by Gasteiger charge is -2.16. The minimum atomic E-state index is -0.612. The summed E-state index contributed by atoms with van der Waals surface area (Å²) in [5.74, 6) is -0.382. The molecule has 6 heteroatoms. The van der Waals surface area contributed by atoms with E-state index in [1.165, 1.54) is 0 Å². The third kappa shape index (κ3) is 4.01. The standard InChI is InChI=1S/C23H23N3O3/c1-2-18(26-23(28)21-13-15-7-3-6-10-20(15)29-21)22(27)24-12-11-16-14-25-19-9-5-4-8-17(16)19/h3-10,13-14,18,25H,2,11-12H2,1H3,(H,24,27)(H,26,28). The summed E-state index contributed by atoms with van der Waals surface area (Å²) < 4.78 is 5.58. The van der Waals surface area contributed by atoms with Crippen LogP contribution in [-0.4, -0.2) is 29.4 Å². The monoisotopic (exact) mass is 389 g/mol. The van der Waals surface area contributed by atoms with Crippen LogP contribution in [-0.2, 0) is 11.2 Å². The largest absolute Gasteiger partial charge is 0.451 e. The van der Waals surface area contributed by atoms with E-state index >= 15 is 0 Å². The number of carbonyl (C=O) groups is 2. The molecule has 148 valence electrons. The molecule has 0 saturated heterocycles. The Morgan fingerprint density at radius 1 is 1.10 bits per heavy atom. The van der Waals surface area contributed by atoms with Crippen LogP contribution in [0.4, 0.5) is 0 Å². The van der Waals surface area contributed by atoms with Gasteiger partial charge in [-0.25, -0.2) is 0 Å². The molecule has 1 unspecified atom stereocenters. The van der Waals surface area contributed by atoms with Gasteiger partial charge < -0.3 is 20.0 Å². The number of carbonyl (C=O) groups excluding carboxylic acids is 2. The minimum absolute atomic E-state index is 0.197. The van der Waals surface area contributed by atoms with Crippen molar-refractivity contribution in [2.75, 3.05) is 6.54 Å². The number of hydrogen-bond acceptors (Lipinski definition) is 3. The van der Waals surface area contributed by atoms with E-state index in [0.29, 0.717) is 25.0 Å². The van der Waals surface area contributed by atoms with Crippen molar-refractivity contribution in [3.63, 3.8) is 0 Å². The van der Waals surface area contributed by atoms with Crippen LogP contribution in [0.5, 0.6) is 0 Å². The van der Waals surface area contributed by atoms with Gasteiger partial charge in [-0.2, -0.15) is 0 Å². The van der Waals surface area contributed by atoms with Crippen LogP contribution in [0, 0.1) is 0 Å². The molecule has 0 radical (unpaired) electrons. The minimum Gasteiger partial charge on any atom is -0.451 e. The van der Waals surface area contributed by atoms with Crippen molar-refractivity contribution in [3.8, 4) is 0 Å². The zero-order chi connectivity index (χ0) is 20.2. The SMILES string of the molecule is CCC(NC(=O)c1cc2ccccc2o1)C(=O)NCCc1c[nH]c2ccccc12. The Morgan fingerprint density at radius 2 is 1.90 bits per heavy atom. The average Bonchev–Trinajstić information content (AvgIpc) is 3.36. The van der Waals surface area contributed by atoms with Gasteiger partial charge in [0, 0.05) is 29.0 Å². The van der Waals surface area contributed by atoms with E-state index in [2.05, 4.69) is 21.7 Å². The highest BCUT2D eigenvalue weighted by atomic mass is 16.3. The summed E-state index contributed by atoms with van der Waals surface area (Å²) in [4.78, 5) is 28.3. The molecule has 2 aromatic carbocycles. The summed E-state index contributed by atoms with van der Waals surface area (Å²) >= 11 is 0. The predicted octanol–water partition coefficient (Wildman–Crippen LogP) is 3.78. The van der Waals surface area contributed by atoms with Crippen LogP contribution in [0.2, 0.25) is 0 Å². The topological polar surface area (TPSA) is 87.1 Å². The van der Waals surface area contributed by atoms with Crippen LogP contribution in [0.25, 0.3) is 21.9 Å². The quantitative estimate of drug-likeness (QED) is 0.449. The Bertz CT molecular complexity index is 1130. The number of H-pyrrole nitrogens is 1. The van der Waals surface area contributed by atoms with E-state index in [-0.39, 0.29) is 17.6 Å². The van der Waals surface area contributed by atoms with Gasteiger partial charge in [0.1, 0.15) is 11.6 Å². The second-order valence-electron chi connectivity index (χ2n) is 6.98. The van der Waals surface area contributed by atoms with E-state index in [1.807, 2.05) is 49.5 Å². The number of amides is 2. The molecule has 0 saturated carbocycles. The number of hydrogen-bond donors (Lipinski definition) is 3. The van der Waals surface area contributed by atoms with E-state index in [9.17, 15) is 9.59 Å². The highest BCUT2D eigenvalue weighted by Crippen LogP contribution is 2.19. The Morgan fingerprint density at radius 3 is 2.72 bits per heavy atom. The number of para-hydroxylation sites is 2. The predicted molar refractivity (Wildman–Crippen MR) is 113 cm³/mol. The lowest BCUT2D eigenvalue weighted by Crippen LogP contribution is -2.46. The highest BCUT2D eigenvalue weighted by molar-refractivity contribution is 5.98. The van der Waals surface area contributed by atoms with Gasteiger partial charge in [-0.3, -0.25) is 9.59 Å². The fourth-order valence-corrected chi connectivity index (χ4v) is 3.46. The fraction of sp³-hybridized carbons (Fsp3) is 0.217. The number of nitrogens with one attached hydrogen (secondary N) is 3. The van der Waals surface area contributed by atoms with Gasteiger partial charge in [-0.05, 0) is 36.6 Å². The maximum absolute atomic E-state index is 12.5. The molecule has 0 aliphatic carbocycles. The third-order valence-corrected chi connectivity index (χ3v) is 5.05. The highest BCUT2D eigenvalue weighted by Gasteiger charge is 2.21. The van der Waals surface area contributed by atoms with Gasteiger partial charge in [-0.1, -0.05) is 43.3 Å². The van der Waals surface area contributed by atoms with Crippen molar-refractivity contribution in [2.24, 2.45) is 0 Å². The Labute approximate surface area is 168 Å². The van der Waals surface area contributed by atoms with E-state index in [1.54, 1.807) is 12.1 Å². The van der Waals surface area contributed by atoms with Crippen LogP contribution in [0.15, 0.2) is 65.2 Å². The van der Waals surface area contributed by atoms with Gasteiger partial charge in [0.25, 0.3) is 5.91 Å². The third-order valence-electron chi connectivity index (χ3n) is 5.05. The lowest BCUT2D eigenvalue weighted by atomic mass is 10.1. The van der Waals surface area contributed by atoms with Gasteiger partial charge in [-0.15, -0.1) is 0 Å². The molecule has 6 nitrogen and oxygen atoms in total. The summed E-state index contributed by atoms with van der Waals surface area (Å²) in [5.41, 5.74) is 2.88. The van der Waals surface area contributed by atoms with Gasteiger partial charge in [0.05, 0.1) is 0 Å². The molecule has 4 aromatic rings. The zero-order valence-corrected chi connectivity index (χ0v) is 16.2. The number of benzene rings is 2. The van der Waals surface area contributed by atoms with Crippen LogP contribution in [0.1, 0.15) is 29.5 Å². The van der Waals surface area contributed by atoms with Crippen molar-refractivity contribution in [3.05, 3.63) is 72.1 Å². The molecule has 29 heavy (non-hydrogen) atoms. The maximum atomic E-state index is 12.5. The van der Waals surface area contributed by atoms with Crippen LogP contribution < -0.4 is 10.6 Å². The van der Waals surface area contributed by atoms with Crippen molar-refractivity contribution < 1.29 is 14.0 Å². The molecule has 2 aromatic heterocycles. The summed E-state index contributed by atoms with van der Waals surface area (Å²) in [5, 5.41) is 7.70. The molecular formula is C23H23N3O3. The fourth-order valence-electron chi connectivity index (χ4n) is 3.46. The number of aromatic amines is 1. The average molecular weight is 389 g/mol. The second-order valence-corrected chi connectivity index (χ2v) is 6.98. The van der Waals surface area contributed by atoms with Crippen molar-refractivity contribution in [2.45, 2.75) is 25.8 Å². The van der Waals surface area contributed by atoms with E-state index in [0.717, 1.165) is 21.9 Å². The summed E-state index contributed by atoms with van der Waals surface area (Å²) in [7, 11) is 0. The number of furan rings is 1. The molecule has 4 rings (SSSR count). The Balaban J connectivity index is 1.34. The Hall–Kier alpha value is -3.54. The first-order valence-corrected chi connectivity index (χ1v) is 9.78. The lowest BCUT2D eigenvalue weighted by molar-refractivity contribution is -0.123. The van der Waals surface area contributed by atoms with Crippen LogP contribution >= 0.6 is 0 Å². The molecule has 0 spiro atoms. The molecule has 0 aliphatic heterocycles. The van der Waals surface area contributed by atoms with E-state index in [4.69, 9.17) is 4.42 Å². The summed E-state index contributed by atoms with van der Waals surface area (Å²) in [6, 6.07) is 16.6. The molecule has 0 bridgehead atoms. The van der Waals surface area contributed by atoms with Crippen molar-refractivity contribution >= 4 is 33.7 Å². The van der Waals surface area contributed by atoms with Gasteiger partial charge in [0.15, 0.2) is 5.76 Å². The molecule has 2 heterocycles. The normalized spacial score (nSPS) is 12.2. The number of rotatable bonds is 7. The van der Waals surface area contributed by atoms with Crippen molar-refractivity contribution in [1.29, 1.82) is 0 Å². The summed E-state index contributed by atoms with van der Waals surface area (Å²) in [6.07, 6.45) is 3.17.